The van der Waals surface area contributed by atoms with Crippen molar-refractivity contribution in [2.75, 3.05) is 6.54 Å². The Kier molecular flexibility index (Phi) is 5.29. The summed E-state index contributed by atoms with van der Waals surface area (Å²) in [6, 6.07) is 4.35. The van der Waals surface area contributed by atoms with Gasteiger partial charge in [0, 0.05) is 6.54 Å². The maximum atomic E-state index is 11.8. The third kappa shape index (κ3) is 3.93. The quantitative estimate of drug-likeness (QED) is 0.849. The molecule has 17 heavy (non-hydrogen) atoms. The Hall–Kier alpha value is -1.22. The first-order valence-corrected chi connectivity index (χ1v) is 6.23. The van der Waals surface area contributed by atoms with Gasteiger partial charge >= 0.3 is 0 Å². The second-order valence-electron chi connectivity index (χ2n) is 4.06. The van der Waals surface area contributed by atoms with E-state index >= 15 is 0 Å². The van der Waals surface area contributed by atoms with E-state index in [1.807, 2.05) is 0 Å². The predicted molar refractivity (Wildman–Crippen MR) is 69.5 cm³/mol. The van der Waals surface area contributed by atoms with Crippen molar-refractivity contribution >= 4 is 17.5 Å². The van der Waals surface area contributed by atoms with Gasteiger partial charge in [-0.15, -0.1) is 0 Å². The molecule has 0 fully saturated rings. The van der Waals surface area contributed by atoms with Crippen LogP contribution in [0.1, 0.15) is 37.0 Å². The van der Waals surface area contributed by atoms with E-state index in [2.05, 4.69) is 19.2 Å². The topological polar surface area (TPSA) is 49.3 Å². The fraction of sp³-hybridized carbons (Fsp3) is 0.462. The number of halogens is 1. The Labute approximate surface area is 107 Å². The average molecular weight is 256 g/mol. The maximum Gasteiger partial charge on any atom is 0.252 e. The highest BCUT2D eigenvalue weighted by atomic mass is 35.5. The van der Waals surface area contributed by atoms with Gasteiger partial charge < -0.3 is 10.4 Å². The number of rotatable bonds is 5. The van der Waals surface area contributed by atoms with E-state index in [9.17, 15) is 9.90 Å². The number of hydrogen-bond donors (Lipinski definition) is 2. The molecular formula is C13H18ClNO2. The van der Waals surface area contributed by atoms with Crippen LogP contribution in [0.5, 0.6) is 5.75 Å². The highest BCUT2D eigenvalue weighted by Gasteiger charge is 2.12. The van der Waals surface area contributed by atoms with Gasteiger partial charge in [0.05, 0.1) is 10.6 Å². The zero-order chi connectivity index (χ0) is 12.8. The number of hydrogen-bond acceptors (Lipinski definition) is 2. The van der Waals surface area contributed by atoms with Crippen molar-refractivity contribution in [1.82, 2.24) is 5.32 Å². The minimum Gasteiger partial charge on any atom is -0.508 e. The van der Waals surface area contributed by atoms with Crippen molar-refractivity contribution in [2.45, 2.75) is 26.7 Å². The normalized spacial score (nSPS) is 10.6. The molecule has 0 unspecified atom stereocenters. The van der Waals surface area contributed by atoms with Gasteiger partial charge in [0.1, 0.15) is 5.75 Å². The number of nitrogens with one attached hydrogen (secondary N) is 1. The van der Waals surface area contributed by atoms with Gasteiger partial charge in [0.15, 0.2) is 0 Å². The van der Waals surface area contributed by atoms with Crippen LogP contribution in [0.4, 0.5) is 0 Å². The molecule has 1 amide bonds. The first-order chi connectivity index (χ1) is 8.08. The summed E-state index contributed by atoms with van der Waals surface area (Å²) in [5.74, 6) is 0.287. The molecule has 0 aromatic heterocycles. The minimum absolute atomic E-state index is 0.0436. The van der Waals surface area contributed by atoms with Gasteiger partial charge in [-0.3, -0.25) is 4.79 Å². The predicted octanol–water partition coefficient (Wildman–Crippen LogP) is 3.21. The molecule has 0 aliphatic heterocycles. The molecule has 1 aromatic carbocycles. The van der Waals surface area contributed by atoms with E-state index in [0.717, 1.165) is 12.8 Å². The Morgan fingerprint density at radius 3 is 2.65 bits per heavy atom. The standard InChI is InChI=1S/C13H18ClNO2/c1-3-9(4-2)8-15-13(17)11-7-10(16)5-6-12(11)14/h5-7,9,16H,3-4,8H2,1-2H3,(H,15,17). The molecule has 0 aliphatic carbocycles. The zero-order valence-corrected chi connectivity index (χ0v) is 10.9. The second kappa shape index (κ2) is 6.50. The van der Waals surface area contributed by atoms with Crippen LogP contribution in [-0.2, 0) is 0 Å². The molecule has 0 radical (unpaired) electrons. The van der Waals surface area contributed by atoms with Crippen molar-refractivity contribution in [3.05, 3.63) is 28.8 Å². The Balaban J connectivity index is 2.66. The Morgan fingerprint density at radius 2 is 2.06 bits per heavy atom. The van der Waals surface area contributed by atoms with Crippen LogP contribution in [0, 0.1) is 5.92 Å². The number of benzene rings is 1. The summed E-state index contributed by atoms with van der Waals surface area (Å²) in [6.07, 6.45) is 2.06. The largest absolute Gasteiger partial charge is 0.508 e. The summed E-state index contributed by atoms with van der Waals surface area (Å²) in [5.41, 5.74) is 0.317. The second-order valence-corrected chi connectivity index (χ2v) is 4.46. The molecule has 0 heterocycles. The van der Waals surface area contributed by atoms with Crippen molar-refractivity contribution in [1.29, 1.82) is 0 Å². The van der Waals surface area contributed by atoms with Gasteiger partial charge in [0.2, 0.25) is 0 Å². The molecular weight excluding hydrogens is 238 g/mol. The van der Waals surface area contributed by atoms with Crippen LogP contribution < -0.4 is 5.32 Å². The lowest BCUT2D eigenvalue weighted by Gasteiger charge is -2.13. The fourth-order valence-electron chi connectivity index (χ4n) is 1.60. The van der Waals surface area contributed by atoms with E-state index < -0.39 is 0 Å². The SMILES string of the molecule is CCC(CC)CNC(=O)c1cc(O)ccc1Cl. The maximum absolute atomic E-state index is 11.8. The monoisotopic (exact) mass is 255 g/mol. The summed E-state index contributed by atoms with van der Waals surface area (Å²) in [6.45, 7) is 4.83. The summed E-state index contributed by atoms with van der Waals surface area (Å²) in [4.78, 5) is 11.8. The van der Waals surface area contributed by atoms with E-state index in [-0.39, 0.29) is 11.7 Å². The number of amides is 1. The molecule has 0 saturated heterocycles. The molecule has 0 atom stereocenters. The molecule has 2 N–H and O–H groups in total. The highest BCUT2D eigenvalue weighted by Crippen LogP contribution is 2.21. The fourth-order valence-corrected chi connectivity index (χ4v) is 1.80. The van der Waals surface area contributed by atoms with Crippen LogP contribution in [-0.4, -0.2) is 17.6 Å². The van der Waals surface area contributed by atoms with E-state index in [4.69, 9.17) is 11.6 Å². The summed E-state index contributed by atoms with van der Waals surface area (Å²) in [7, 11) is 0. The van der Waals surface area contributed by atoms with Gasteiger partial charge in [-0.05, 0) is 24.1 Å². The van der Waals surface area contributed by atoms with E-state index in [1.165, 1.54) is 18.2 Å². The molecule has 4 heteroatoms. The van der Waals surface area contributed by atoms with Crippen LogP contribution in [0.2, 0.25) is 5.02 Å². The van der Waals surface area contributed by atoms with Crippen LogP contribution in [0.15, 0.2) is 18.2 Å². The highest BCUT2D eigenvalue weighted by molar-refractivity contribution is 6.33. The van der Waals surface area contributed by atoms with Gasteiger partial charge in [-0.2, -0.15) is 0 Å². The van der Waals surface area contributed by atoms with Crippen LogP contribution in [0.25, 0.3) is 0 Å². The lowest BCUT2D eigenvalue weighted by molar-refractivity contribution is 0.0946. The number of carbonyl (C=O) groups is 1. The first-order valence-electron chi connectivity index (χ1n) is 5.85. The van der Waals surface area contributed by atoms with E-state index in [0.29, 0.717) is 23.0 Å². The lowest BCUT2D eigenvalue weighted by Crippen LogP contribution is -2.29. The molecule has 0 bridgehead atoms. The number of phenols is 1. The first kappa shape index (κ1) is 13.8. The molecule has 0 saturated carbocycles. The number of phenolic OH excluding ortho intramolecular Hbond substituents is 1. The van der Waals surface area contributed by atoms with Crippen LogP contribution in [0.3, 0.4) is 0 Å². The number of carbonyl (C=O) groups excluding carboxylic acids is 1. The van der Waals surface area contributed by atoms with Crippen molar-refractivity contribution in [3.8, 4) is 5.75 Å². The zero-order valence-electron chi connectivity index (χ0n) is 10.2. The van der Waals surface area contributed by atoms with Crippen molar-refractivity contribution in [3.63, 3.8) is 0 Å². The lowest BCUT2D eigenvalue weighted by atomic mass is 10.0. The smallest absolute Gasteiger partial charge is 0.252 e. The minimum atomic E-state index is -0.238. The van der Waals surface area contributed by atoms with Gasteiger partial charge in [0.25, 0.3) is 5.91 Å². The van der Waals surface area contributed by atoms with Crippen molar-refractivity contribution in [2.24, 2.45) is 5.92 Å². The molecule has 0 aliphatic rings. The summed E-state index contributed by atoms with van der Waals surface area (Å²) >= 11 is 5.90. The Bertz CT molecular complexity index is 389. The third-order valence-electron chi connectivity index (χ3n) is 2.90. The summed E-state index contributed by atoms with van der Waals surface area (Å²) in [5, 5.41) is 12.5. The van der Waals surface area contributed by atoms with Gasteiger partial charge in [-0.1, -0.05) is 38.3 Å². The molecule has 1 rings (SSSR count). The Morgan fingerprint density at radius 1 is 1.41 bits per heavy atom. The van der Waals surface area contributed by atoms with Gasteiger partial charge in [-0.25, -0.2) is 0 Å². The van der Waals surface area contributed by atoms with E-state index in [1.54, 1.807) is 0 Å². The molecule has 1 aromatic rings. The average Bonchev–Trinajstić information content (AvgIpc) is 2.33. The van der Waals surface area contributed by atoms with Crippen LogP contribution >= 0.6 is 11.6 Å². The molecule has 0 spiro atoms. The molecule has 3 nitrogen and oxygen atoms in total. The third-order valence-corrected chi connectivity index (χ3v) is 3.23. The van der Waals surface area contributed by atoms with Crippen molar-refractivity contribution < 1.29 is 9.90 Å². The summed E-state index contributed by atoms with van der Waals surface area (Å²) < 4.78 is 0. The number of aromatic hydroxyl groups is 1. The molecule has 94 valence electrons.